The molecule has 1 aromatic carbocycles. The van der Waals surface area contributed by atoms with E-state index in [1.165, 1.54) is 16.7 Å². The first-order chi connectivity index (χ1) is 14.5. The Balaban J connectivity index is 1.92. The van der Waals surface area contributed by atoms with Gasteiger partial charge in [0.15, 0.2) is 5.65 Å². The summed E-state index contributed by atoms with van der Waals surface area (Å²) in [5.74, 6) is -0.134. The molecule has 0 bridgehead atoms. The number of hydrogen-bond donors (Lipinski definition) is 1. The molecule has 31 heavy (non-hydrogen) atoms. The summed E-state index contributed by atoms with van der Waals surface area (Å²) in [6.45, 7) is 5.29. The fourth-order valence-corrected chi connectivity index (χ4v) is 4.94. The van der Waals surface area contributed by atoms with Gasteiger partial charge in [-0.05, 0) is 26.8 Å². The molecule has 3 aromatic rings. The van der Waals surface area contributed by atoms with E-state index >= 15 is 4.39 Å². The third-order valence-corrected chi connectivity index (χ3v) is 6.88. The number of sulfonamides is 1. The Morgan fingerprint density at radius 3 is 2.77 bits per heavy atom. The van der Waals surface area contributed by atoms with Crippen LogP contribution in [0.1, 0.15) is 36.7 Å². The average Bonchev–Trinajstić information content (AvgIpc) is 2.91. The smallest absolute Gasteiger partial charge is 0.211 e. The molecular weight excluding hydrogens is 447 g/mol. The third kappa shape index (κ3) is 3.70. The molecule has 2 unspecified atom stereocenters. The van der Waals surface area contributed by atoms with Crippen LogP contribution in [0, 0.1) is 12.7 Å². The van der Waals surface area contributed by atoms with Gasteiger partial charge in [-0.1, -0.05) is 11.6 Å². The standard InChI is InChI=1S/C19H22ClFN6O3S/c1-9-6-26(31(4,28)29)7-13-16(21)14(20)5-12(17(13)30-9)11(3)27-19-15(10(2)25-27)18(22)23-8-24-19/h5,8-9,11H,6-7H2,1-4H3,(H2,22,23,24). The highest BCUT2D eigenvalue weighted by Crippen LogP contribution is 2.40. The lowest BCUT2D eigenvalue weighted by Crippen LogP contribution is -2.35. The zero-order valence-electron chi connectivity index (χ0n) is 17.4. The molecule has 0 aliphatic carbocycles. The van der Waals surface area contributed by atoms with Crippen LogP contribution in [-0.2, 0) is 16.6 Å². The first kappa shape index (κ1) is 21.7. The first-order valence-electron chi connectivity index (χ1n) is 9.56. The van der Waals surface area contributed by atoms with Gasteiger partial charge in [0.05, 0.1) is 34.9 Å². The molecule has 0 saturated carbocycles. The summed E-state index contributed by atoms with van der Waals surface area (Å²) in [5, 5.41) is 5.06. The lowest BCUT2D eigenvalue weighted by atomic mass is 10.0. The molecule has 1 aliphatic heterocycles. The van der Waals surface area contributed by atoms with Crippen molar-refractivity contribution in [1.29, 1.82) is 0 Å². The molecule has 3 heterocycles. The monoisotopic (exact) mass is 468 g/mol. The molecular formula is C19H22ClFN6O3S. The molecule has 2 atom stereocenters. The van der Waals surface area contributed by atoms with Gasteiger partial charge in [-0.3, -0.25) is 0 Å². The van der Waals surface area contributed by atoms with Crippen LogP contribution in [0.25, 0.3) is 11.0 Å². The number of rotatable bonds is 3. The maximum absolute atomic E-state index is 15.0. The summed E-state index contributed by atoms with van der Waals surface area (Å²) in [6, 6.07) is 1.02. The van der Waals surface area contributed by atoms with Crippen molar-refractivity contribution >= 4 is 38.5 Å². The Bertz CT molecular complexity index is 1300. The minimum Gasteiger partial charge on any atom is -0.489 e. The van der Waals surface area contributed by atoms with Gasteiger partial charge in [0.2, 0.25) is 10.0 Å². The molecule has 0 amide bonds. The van der Waals surface area contributed by atoms with E-state index in [-0.39, 0.29) is 29.4 Å². The van der Waals surface area contributed by atoms with Crippen LogP contribution in [-0.4, -0.2) is 51.4 Å². The van der Waals surface area contributed by atoms with Crippen molar-refractivity contribution in [2.45, 2.75) is 39.5 Å². The van der Waals surface area contributed by atoms with Gasteiger partial charge in [-0.25, -0.2) is 27.5 Å². The fraction of sp³-hybridized carbons (Fsp3) is 0.421. The molecule has 1 aliphatic rings. The minimum atomic E-state index is -3.57. The van der Waals surface area contributed by atoms with E-state index in [0.29, 0.717) is 28.1 Å². The van der Waals surface area contributed by atoms with Gasteiger partial charge in [-0.2, -0.15) is 9.40 Å². The second kappa shape index (κ2) is 7.57. The van der Waals surface area contributed by atoms with E-state index in [0.717, 1.165) is 6.26 Å². The summed E-state index contributed by atoms with van der Waals surface area (Å²) in [7, 11) is -3.57. The molecule has 0 fully saturated rings. The molecule has 9 nitrogen and oxygen atoms in total. The van der Waals surface area contributed by atoms with Gasteiger partial charge in [0.25, 0.3) is 0 Å². The zero-order valence-corrected chi connectivity index (χ0v) is 19.0. The third-order valence-electron chi connectivity index (χ3n) is 5.39. The molecule has 0 spiro atoms. The van der Waals surface area contributed by atoms with Crippen LogP contribution in [0.3, 0.4) is 0 Å². The van der Waals surface area contributed by atoms with Crippen LogP contribution in [0.4, 0.5) is 10.2 Å². The van der Waals surface area contributed by atoms with Gasteiger partial charge >= 0.3 is 0 Å². The normalized spacial score (nSPS) is 18.5. The fourth-order valence-electron chi connectivity index (χ4n) is 3.86. The molecule has 166 valence electrons. The predicted molar refractivity (Wildman–Crippen MR) is 115 cm³/mol. The van der Waals surface area contributed by atoms with Gasteiger partial charge in [0, 0.05) is 17.7 Å². The van der Waals surface area contributed by atoms with E-state index < -0.39 is 28.0 Å². The number of aromatic nitrogens is 4. The SMILES string of the molecule is Cc1nn(C(C)c2cc(Cl)c(F)c3c2OC(C)CN(S(C)(=O)=O)C3)c2ncnc(N)c12. The van der Waals surface area contributed by atoms with Crippen molar-refractivity contribution in [3.8, 4) is 5.75 Å². The number of nitrogen functional groups attached to an aromatic ring is 1. The lowest BCUT2D eigenvalue weighted by Gasteiger charge is -2.22. The van der Waals surface area contributed by atoms with Crippen molar-refractivity contribution in [3.63, 3.8) is 0 Å². The number of anilines is 1. The number of nitrogens with two attached hydrogens (primary N) is 1. The maximum Gasteiger partial charge on any atom is 0.211 e. The topological polar surface area (TPSA) is 116 Å². The van der Waals surface area contributed by atoms with Crippen molar-refractivity contribution in [2.24, 2.45) is 0 Å². The number of benzene rings is 1. The number of aryl methyl sites for hydroxylation is 1. The van der Waals surface area contributed by atoms with E-state index in [2.05, 4.69) is 15.1 Å². The highest BCUT2D eigenvalue weighted by molar-refractivity contribution is 7.88. The zero-order chi connectivity index (χ0) is 22.7. The van der Waals surface area contributed by atoms with Crippen LogP contribution in [0.15, 0.2) is 12.4 Å². The van der Waals surface area contributed by atoms with Gasteiger partial charge in [0.1, 0.15) is 29.8 Å². The molecule has 2 N–H and O–H groups in total. The summed E-state index contributed by atoms with van der Waals surface area (Å²) in [6.07, 6.45) is 1.93. The van der Waals surface area contributed by atoms with E-state index in [1.807, 2.05) is 6.92 Å². The van der Waals surface area contributed by atoms with Gasteiger partial charge in [-0.15, -0.1) is 0 Å². The summed E-state index contributed by atoms with van der Waals surface area (Å²) in [4.78, 5) is 8.33. The van der Waals surface area contributed by atoms with Crippen LogP contribution in [0.2, 0.25) is 5.02 Å². The quantitative estimate of drug-likeness (QED) is 0.628. The Labute approximate surface area is 184 Å². The average molecular weight is 469 g/mol. The highest BCUT2D eigenvalue weighted by Gasteiger charge is 2.33. The maximum atomic E-state index is 15.0. The Kier molecular flexibility index (Phi) is 5.31. The van der Waals surface area contributed by atoms with Crippen LogP contribution < -0.4 is 10.5 Å². The number of ether oxygens (including phenoxy) is 1. The molecule has 0 radical (unpaired) electrons. The minimum absolute atomic E-state index is 0.0892. The summed E-state index contributed by atoms with van der Waals surface area (Å²) >= 11 is 6.21. The molecule has 0 saturated heterocycles. The number of halogens is 2. The van der Waals surface area contributed by atoms with Crippen LogP contribution in [0.5, 0.6) is 5.75 Å². The molecule has 12 heteroatoms. The van der Waals surface area contributed by atoms with Crippen LogP contribution >= 0.6 is 11.6 Å². The highest BCUT2D eigenvalue weighted by atomic mass is 35.5. The van der Waals surface area contributed by atoms with E-state index in [1.54, 1.807) is 18.5 Å². The second-order valence-corrected chi connectivity index (χ2v) is 10.1. The predicted octanol–water partition coefficient (Wildman–Crippen LogP) is 2.66. The second-order valence-electron chi connectivity index (χ2n) is 7.72. The van der Waals surface area contributed by atoms with Gasteiger partial charge < -0.3 is 10.5 Å². The Hall–Kier alpha value is -2.50. The van der Waals surface area contributed by atoms with Crippen molar-refractivity contribution in [1.82, 2.24) is 24.1 Å². The number of nitrogens with zero attached hydrogens (tertiary/aromatic N) is 5. The molecule has 2 aromatic heterocycles. The summed E-state index contributed by atoms with van der Waals surface area (Å²) < 4.78 is 48.3. The van der Waals surface area contributed by atoms with Crippen molar-refractivity contribution in [2.75, 3.05) is 18.5 Å². The van der Waals surface area contributed by atoms with E-state index in [4.69, 9.17) is 22.1 Å². The first-order valence-corrected chi connectivity index (χ1v) is 11.8. The largest absolute Gasteiger partial charge is 0.489 e. The van der Waals surface area contributed by atoms with Crippen molar-refractivity contribution < 1.29 is 17.5 Å². The Morgan fingerprint density at radius 2 is 2.10 bits per heavy atom. The van der Waals surface area contributed by atoms with E-state index in [9.17, 15) is 8.42 Å². The molecule has 4 rings (SSSR count). The number of fused-ring (bicyclic) bond motifs is 2. The number of hydrogen-bond acceptors (Lipinski definition) is 7. The Morgan fingerprint density at radius 1 is 1.39 bits per heavy atom. The lowest BCUT2D eigenvalue weighted by molar-refractivity contribution is 0.199. The van der Waals surface area contributed by atoms with Crippen molar-refractivity contribution in [3.05, 3.63) is 40.1 Å². The summed E-state index contributed by atoms with van der Waals surface area (Å²) in [5.41, 5.74) is 7.82.